The average Bonchev–Trinajstić information content (AvgIpc) is 2.43. The van der Waals surface area contributed by atoms with Crippen molar-refractivity contribution in [3.05, 3.63) is 24.6 Å². The topological polar surface area (TPSA) is 36.9 Å². The molecule has 0 aliphatic carbocycles. The van der Waals surface area contributed by atoms with E-state index in [1.54, 1.807) is 28.4 Å². The molecule has 0 amide bonds. The molecule has 0 fully saturated rings. The summed E-state index contributed by atoms with van der Waals surface area (Å²) in [4.78, 5) is 0. The molecule has 106 valence electrons. The van der Waals surface area contributed by atoms with Gasteiger partial charge in [-0.3, -0.25) is 0 Å². The van der Waals surface area contributed by atoms with Crippen molar-refractivity contribution in [2.75, 3.05) is 28.4 Å². The largest absolute Gasteiger partial charge is 0.395 e. The van der Waals surface area contributed by atoms with Gasteiger partial charge < -0.3 is 17.7 Å². The lowest BCUT2D eigenvalue weighted by Crippen LogP contribution is -2.51. The van der Waals surface area contributed by atoms with Crippen molar-refractivity contribution < 1.29 is 17.7 Å². The van der Waals surface area contributed by atoms with Crippen molar-refractivity contribution in [3.8, 4) is 0 Å². The molecule has 2 atom stereocenters. The second-order valence-electron chi connectivity index (χ2n) is 4.24. The first-order valence-electron chi connectivity index (χ1n) is 5.91. The maximum atomic E-state index is 5.62. The number of hydrogen-bond acceptors (Lipinski definition) is 4. The first-order chi connectivity index (χ1) is 8.43. The normalized spacial score (nSPS) is 16.1. The van der Waals surface area contributed by atoms with Crippen molar-refractivity contribution in [3.63, 3.8) is 0 Å². The molecular weight excluding hydrogens is 264 g/mol. The Morgan fingerprint density at radius 1 is 0.722 bits per heavy atom. The second-order valence-corrected chi connectivity index (χ2v) is 11.4. The summed E-state index contributed by atoms with van der Waals surface area (Å²) < 4.78 is 22.5. The summed E-state index contributed by atoms with van der Waals surface area (Å²) in [6.45, 7) is 11.9. The third kappa shape index (κ3) is 3.01. The Balaban J connectivity index is 5.35. The zero-order chi connectivity index (χ0) is 14.4. The van der Waals surface area contributed by atoms with Gasteiger partial charge in [-0.25, -0.2) is 0 Å². The van der Waals surface area contributed by atoms with Gasteiger partial charge in [-0.2, -0.15) is 0 Å². The Morgan fingerprint density at radius 2 is 0.944 bits per heavy atom. The van der Waals surface area contributed by atoms with E-state index in [1.807, 2.05) is 11.4 Å². The second kappa shape index (κ2) is 7.37. The van der Waals surface area contributed by atoms with Crippen LogP contribution in [0.25, 0.3) is 0 Å². The summed E-state index contributed by atoms with van der Waals surface area (Å²) in [5, 5.41) is 0. The Bertz CT molecular complexity index is 247. The van der Waals surface area contributed by atoms with Crippen LogP contribution in [-0.2, 0) is 17.7 Å². The van der Waals surface area contributed by atoms with Crippen LogP contribution in [0.2, 0.25) is 11.1 Å². The lowest BCUT2D eigenvalue weighted by Gasteiger charge is -2.39. The molecule has 18 heavy (non-hydrogen) atoms. The SMILES string of the molecule is C=C[Si](OC)(OC)C(C)C(C)[Si](C=C)(OC)OC. The van der Waals surface area contributed by atoms with Gasteiger partial charge in [0.1, 0.15) is 0 Å². The van der Waals surface area contributed by atoms with E-state index in [1.165, 1.54) is 0 Å². The van der Waals surface area contributed by atoms with Gasteiger partial charge in [-0.05, 0) is 11.4 Å². The van der Waals surface area contributed by atoms with Gasteiger partial charge in [0.05, 0.1) is 0 Å². The predicted octanol–water partition coefficient (Wildman–Crippen LogP) is 2.69. The van der Waals surface area contributed by atoms with Gasteiger partial charge in [0.25, 0.3) is 0 Å². The molecule has 6 heteroatoms. The minimum atomic E-state index is -2.45. The molecule has 0 aromatic rings. The van der Waals surface area contributed by atoms with Crippen molar-refractivity contribution in [2.45, 2.75) is 24.9 Å². The highest BCUT2D eigenvalue weighted by Gasteiger charge is 2.51. The van der Waals surface area contributed by atoms with Crippen LogP contribution < -0.4 is 0 Å². The predicted molar refractivity (Wildman–Crippen MR) is 78.8 cm³/mol. The van der Waals surface area contributed by atoms with Crippen LogP contribution in [0.4, 0.5) is 0 Å². The Hall–Kier alpha value is -0.246. The third-order valence-corrected chi connectivity index (χ3v) is 11.4. The molecule has 0 aliphatic rings. The van der Waals surface area contributed by atoms with E-state index in [-0.39, 0.29) is 11.1 Å². The minimum absolute atomic E-state index is 0.148. The highest BCUT2D eigenvalue weighted by atomic mass is 28.4. The summed E-state index contributed by atoms with van der Waals surface area (Å²) in [6.07, 6.45) is 0. The molecule has 4 nitrogen and oxygen atoms in total. The molecule has 0 spiro atoms. The molecule has 0 N–H and O–H groups in total. The van der Waals surface area contributed by atoms with Crippen molar-refractivity contribution in [1.82, 2.24) is 0 Å². The highest BCUT2D eigenvalue weighted by Crippen LogP contribution is 2.41. The zero-order valence-corrected chi connectivity index (χ0v) is 14.4. The van der Waals surface area contributed by atoms with Gasteiger partial charge in [0.2, 0.25) is 0 Å². The summed E-state index contributed by atoms with van der Waals surface area (Å²) in [6, 6.07) is 0. The van der Waals surface area contributed by atoms with E-state index >= 15 is 0 Å². The van der Waals surface area contributed by atoms with Crippen LogP contribution in [0.15, 0.2) is 24.6 Å². The van der Waals surface area contributed by atoms with Crippen LogP contribution in [0, 0.1) is 0 Å². The van der Waals surface area contributed by atoms with Crippen molar-refractivity contribution in [2.24, 2.45) is 0 Å². The molecule has 0 rings (SSSR count). The van der Waals surface area contributed by atoms with Crippen LogP contribution >= 0.6 is 0 Å². The van der Waals surface area contributed by atoms with Gasteiger partial charge in [0, 0.05) is 39.5 Å². The fourth-order valence-corrected chi connectivity index (χ4v) is 8.33. The molecule has 0 saturated heterocycles. The maximum Gasteiger partial charge on any atom is 0.367 e. The summed E-state index contributed by atoms with van der Waals surface area (Å²) in [7, 11) is 1.75. The Labute approximate surface area is 113 Å². The van der Waals surface area contributed by atoms with Crippen LogP contribution in [-0.4, -0.2) is 45.6 Å². The van der Waals surface area contributed by atoms with Crippen LogP contribution in [0.1, 0.15) is 13.8 Å². The highest BCUT2D eigenvalue weighted by molar-refractivity contribution is 6.79. The standard InChI is InChI=1S/C12H26O4Si2/c1-9-17(13-5,14-6)11(3)12(4)18(10-2,15-7)16-8/h9-12H,1-2H2,3-8H3. The Morgan fingerprint density at radius 3 is 1.06 bits per heavy atom. The lowest BCUT2D eigenvalue weighted by atomic mass is 10.3. The lowest BCUT2D eigenvalue weighted by molar-refractivity contribution is 0.220. The summed E-state index contributed by atoms with van der Waals surface area (Å²) >= 11 is 0. The van der Waals surface area contributed by atoms with Crippen LogP contribution in [0.3, 0.4) is 0 Å². The van der Waals surface area contributed by atoms with Gasteiger partial charge in [-0.1, -0.05) is 13.8 Å². The first-order valence-corrected chi connectivity index (χ1v) is 9.85. The monoisotopic (exact) mass is 290 g/mol. The quantitative estimate of drug-likeness (QED) is 0.612. The van der Waals surface area contributed by atoms with Gasteiger partial charge in [0.15, 0.2) is 0 Å². The van der Waals surface area contributed by atoms with E-state index in [4.69, 9.17) is 17.7 Å². The molecule has 0 bridgehead atoms. The third-order valence-electron chi connectivity index (χ3n) is 3.86. The van der Waals surface area contributed by atoms with E-state index in [9.17, 15) is 0 Å². The van der Waals surface area contributed by atoms with Crippen molar-refractivity contribution in [1.29, 1.82) is 0 Å². The minimum Gasteiger partial charge on any atom is -0.395 e. The smallest absolute Gasteiger partial charge is 0.367 e. The fraction of sp³-hybridized carbons (Fsp3) is 0.667. The van der Waals surface area contributed by atoms with E-state index in [0.29, 0.717) is 0 Å². The summed E-state index contributed by atoms with van der Waals surface area (Å²) in [5.41, 5.74) is 3.91. The number of hydrogen-bond donors (Lipinski definition) is 0. The zero-order valence-electron chi connectivity index (χ0n) is 12.4. The van der Waals surface area contributed by atoms with Gasteiger partial charge in [-0.15, -0.1) is 13.2 Å². The average molecular weight is 291 g/mol. The van der Waals surface area contributed by atoms with Gasteiger partial charge >= 0.3 is 17.1 Å². The Kier molecular flexibility index (Phi) is 7.27. The molecular formula is C12H26O4Si2. The van der Waals surface area contributed by atoms with Crippen molar-refractivity contribution >= 4 is 17.1 Å². The molecule has 0 aromatic carbocycles. The first kappa shape index (κ1) is 17.8. The van der Waals surface area contributed by atoms with E-state index in [0.717, 1.165) is 0 Å². The number of rotatable bonds is 9. The molecule has 0 radical (unpaired) electrons. The molecule has 0 saturated carbocycles. The molecule has 0 aliphatic heterocycles. The fourth-order valence-electron chi connectivity index (χ4n) is 2.31. The molecule has 0 aromatic heterocycles. The van der Waals surface area contributed by atoms with Crippen LogP contribution in [0.5, 0.6) is 0 Å². The van der Waals surface area contributed by atoms with E-state index in [2.05, 4.69) is 27.0 Å². The molecule has 2 unspecified atom stereocenters. The molecule has 0 heterocycles. The maximum absolute atomic E-state index is 5.62. The van der Waals surface area contributed by atoms with E-state index < -0.39 is 17.1 Å². The summed E-state index contributed by atoms with van der Waals surface area (Å²) in [5.74, 6) is 0.